The number of methoxy groups -OCH3 is 2. The van der Waals surface area contributed by atoms with E-state index in [-0.39, 0.29) is 11.6 Å². The van der Waals surface area contributed by atoms with Gasteiger partial charge in [0.05, 0.1) is 19.1 Å². The lowest BCUT2D eigenvalue weighted by atomic mass is 10.1. The molecule has 0 unspecified atom stereocenters. The maximum atomic E-state index is 10.9. The van der Waals surface area contributed by atoms with Crippen LogP contribution in [0.5, 0.6) is 11.5 Å². The summed E-state index contributed by atoms with van der Waals surface area (Å²) in [6.45, 7) is 1.66. The molecule has 0 radical (unpaired) electrons. The first-order chi connectivity index (χ1) is 12.0. The van der Waals surface area contributed by atoms with Crippen molar-refractivity contribution in [1.82, 2.24) is 10.1 Å². The fourth-order valence-electron chi connectivity index (χ4n) is 2.43. The summed E-state index contributed by atoms with van der Waals surface area (Å²) in [5.41, 5.74) is 1.88. The number of nitro groups is 1. The quantitative estimate of drug-likeness (QED) is 0.516. The van der Waals surface area contributed by atoms with Gasteiger partial charge in [0.1, 0.15) is 0 Å². The van der Waals surface area contributed by atoms with Crippen LogP contribution in [0.2, 0.25) is 0 Å². The topological polar surface area (TPSA) is 101 Å². The molecule has 0 spiro atoms. The van der Waals surface area contributed by atoms with Crippen LogP contribution in [0.4, 0.5) is 5.69 Å². The average molecular weight is 341 g/mol. The number of nitro benzene ring substituents is 1. The molecule has 2 aromatic carbocycles. The van der Waals surface area contributed by atoms with Gasteiger partial charge in [0, 0.05) is 22.8 Å². The minimum Gasteiger partial charge on any atom is -0.493 e. The summed E-state index contributed by atoms with van der Waals surface area (Å²) >= 11 is 0. The highest BCUT2D eigenvalue weighted by molar-refractivity contribution is 5.64. The standard InChI is InChI=1S/C17H15N3O5/c1-10-8-12(4-6-13(10)20(21)22)17-18-16(19-25-17)11-5-7-14(23-2)15(9-11)24-3/h4-9H,1-3H3. The molecule has 1 heterocycles. The molecule has 3 aromatic rings. The van der Waals surface area contributed by atoms with Crippen molar-refractivity contribution in [3.63, 3.8) is 0 Å². The summed E-state index contributed by atoms with van der Waals surface area (Å²) in [5.74, 6) is 1.81. The second-order valence-electron chi connectivity index (χ2n) is 5.25. The maximum absolute atomic E-state index is 10.9. The molecule has 0 fully saturated rings. The van der Waals surface area contributed by atoms with E-state index in [4.69, 9.17) is 14.0 Å². The minimum atomic E-state index is -0.429. The Morgan fingerprint density at radius 3 is 2.40 bits per heavy atom. The Bertz CT molecular complexity index is 936. The first-order valence-corrected chi connectivity index (χ1v) is 7.35. The third kappa shape index (κ3) is 3.14. The van der Waals surface area contributed by atoms with E-state index in [1.165, 1.54) is 6.07 Å². The van der Waals surface area contributed by atoms with Crippen molar-refractivity contribution in [2.45, 2.75) is 6.92 Å². The van der Waals surface area contributed by atoms with E-state index in [1.807, 2.05) is 0 Å². The zero-order valence-electron chi connectivity index (χ0n) is 13.8. The number of rotatable bonds is 5. The molecule has 1 aromatic heterocycles. The molecule has 128 valence electrons. The van der Waals surface area contributed by atoms with Crippen LogP contribution in [0.1, 0.15) is 5.56 Å². The van der Waals surface area contributed by atoms with Crippen molar-refractivity contribution in [2.75, 3.05) is 14.2 Å². The van der Waals surface area contributed by atoms with Crippen LogP contribution in [0.3, 0.4) is 0 Å². The average Bonchev–Trinajstić information content (AvgIpc) is 3.10. The van der Waals surface area contributed by atoms with Crippen LogP contribution in [0, 0.1) is 17.0 Å². The van der Waals surface area contributed by atoms with Crippen LogP contribution in [-0.4, -0.2) is 29.3 Å². The number of hydrogen-bond donors (Lipinski definition) is 0. The monoisotopic (exact) mass is 341 g/mol. The molecule has 8 heteroatoms. The third-order valence-electron chi connectivity index (χ3n) is 3.71. The Kier molecular flexibility index (Phi) is 4.34. The maximum Gasteiger partial charge on any atom is 0.272 e. The van der Waals surface area contributed by atoms with Crippen LogP contribution >= 0.6 is 0 Å². The molecule has 8 nitrogen and oxygen atoms in total. The van der Waals surface area contributed by atoms with E-state index in [9.17, 15) is 10.1 Å². The molecule has 0 aliphatic rings. The number of aromatic nitrogens is 2. The number of aryl methyl sites for hydroxylation is 1. The van der Waals surface area contributed by atoms with Crippen molar-refractivity contribution in [3.05, 3.63) is 52.1 Å². The fourth-order valence-corrected chi connectivity index (χ4v) is 2.43. The minimum absolute atomic E-state index is 0.0448. The van der Waals surface area contributed by atoms with Gasteiger partial charge in [-0.15, -0.1) is 0 Å². The van der Waals surface area contributed by atoms with E-state index >= 15 is 0 Å². The number of nitrogens with zero attached hydrogens (tertiary/aromatic N) is 3. The molecule has 0 N–H and O–H groups in total. The number of ether oxygens (including phenoxy) is 2. The summed E-state index contributed by atoms with van der Waals surface area (Å²) in [6, 6.07) is 9.93. The largest absolute Gasteiger partial charge is 0.493 e. The van der Waals surface area contributed by atoms with Crippen LogP contribution in [-0.2, 0) is 0 Å². The van der Waals surface area contributed by atoms with Crippen LogP contribution in [0.25, 0.3) is 22.8 Å². The summed E-state index contributed by atoms with van der Waals surface area (Å²) < 4.78 is 15.8. The molecule has 0 amide bonds. The SMILES string of the molecule is COc1ccc(-c2noc(-c3ccc([N+](=O)[O-])c(C)c3)n2)cc1OC. The summed E-state index contributed by atoms with van der Waals surface area (Å²) in [4.78, 5) is 14.8. The summed E-state index contributed by atoms with van der Waals surface area (Å²) in [5, 5.41) is 14.9. The normalized spacial score (nSPS) is 10.5. The summed E-state index contributed by atoms with van der Waals surface area (Å²) in [7, 11) is 3.10. The van der Waals surface area contributed by atoms with Gasteiger partial charge in [0.25, 0.3) is 11.6 Å². The van der Waals surface area contributed by atoms with Crippen LogP contribution < -0.4 is 9.47 Å². The first-order valence-electron chi connectivity index (χ1n) is 7.35. The molecular weight excluding hydrogens is 326 g/mol. The van der Waals surface area contributed by atoms with Crippen molar-refractivity contribution in [3.8, 4) is 34.3 Å². The van der Waals surface area contributed by atoms with Crippen molar-refractivity contribution >= 4 is 5.69 Å². The van der Waals surface area contributed by atoms with E-state index in [0.717, 1.165) is 0 Å². The van der Waals surface area contributed by atoms with Crippen LogP contribution in [0.15, 0.2) is 40.9 Å². The molecule has 0 aliphatic carbocycles. The van der Waals surface area contributed by atoms with Gasteiger partial charge in [0.2, 0.25) is 5.82 Å². The highest BCUT2D eigenvalue weighted by atomic mass is 16.6. The Balaban J connectivity index is 1.95. The molecule has 0 atom stereocenters. The Labute approximate surface area is 143 Å². The van der Waals surface area contributed by atoms with Gasteiger partial charge >= 0.3 is 0 Å². The van der Waals surface area contributed by atoms with E-state index < -0.39 is 4.92 Å². The number of benzene rings is 2. The van der Waals surface area contributed by atoms with Crippen molar-refractivity contribution in [1.29, 1.82) is 0 Å². The van der Waals surface area contributed by atoms with Gasteiger partial charge in [-0.3, -0.25) is 10.1 Å². The molecule has 0 aliphatic heterocycles. The highest BCUT2D eigenvalue weighted by Crippen LogP contribution is 2.32. The second kappa shape index (κ2) is 6.60. The number of hydrogen-bond acceptors (Lipinski definition) is 7. The second-order valence-corrected chi connectivity index (χ2v) is 5.25. The predicted octanol–water partition coefficient (Wildman–Crippen LogP) is 3.64. The Morgan fingerprint density at radius 2 is 1.76 bits per heavy atom. The van der Waals surface area contributed by atoms with Crippen molar-refractivity contribution in [2.24, 2.45) is 0 Å². The van der Waals surface area contributed by atoms with Crippen molar-refractivity contribution < 1.29 is 18.9 Å². The van der Waals surface area contributed by atoms with E-state index in [1.54, 1.807) is 51.5 Å². The zero-order valence-corrected chi connectivity index (χ0v) is 13.8. The molecule has 0 bridgehead atoms. The summed E-state index contributed by atoms with van der Waals surface area (Å²) in [6.07, 6.45) is 0. The van der Waals surface area contributed by atoms with Gasteiger partial charge < -0.3 is 14.0 Å². The highest BCUT2D eigenvalue weighted by Gasteiger charge is 2.16. The van der Waals surface area contributed by atoms with E-state index in [2.05, 4.69) is 10.1 Å². The molecule has 25 heavy (non-hydrogen) atoms. The molecule has 0 saturated carbocycles. The van der Waals surface area contributed by atoms with Gasteiger partial charge in [-0.25, -0.2) is 0 Å². The first kappa shape index (κ1) is 16.4. The van der Waals surface area contributed by atoms with Gasteiger partial charge in [-0.1, -0.05) is 5.16 Å². The van der Waals surface area contributed by atoms with E-state index in [0.29, 0.717) is 34.0 Å². The molecule has 0 saturated heterocycles. The smallest absolute Gasteiger partial charge is 0.272 e. The molecule has 3 rings (SSSR count). The Hall–Kier alpha value is -3.42. The lowest BCUT2D eigenvalue weighted by Gasteiger charge is -2.07. The van der Waals surface area contributed by atoms with Gasteiger partial charge in [0.15, 0.2) is 11.5 Å². The Morgan fingerprint density at radius 1 is 1.04 bits per heavy atom. The van der Waals surface area contributed by atoms with Gasteiger partial charge in [-0.2, -0.15) is 4.98 Å². The predicted molar refractivity (Wildman–Crippen MR) is 89.7 cm³/mol. The lowest BCUT2D eigenvalue weighted by molar-refractivity contribution is -0.385. The third-order valence-corrected chi connectivity index (χ3v) is 3.71. The molecular formula is C17H15N3O5. The fraction of sp³-hybridized carbons (Fsp3) is 0.176. The van der Waals surface area contributed by atoms with Gasteiger partial charge in [-0.05, 0) is 37.3 Å². The lowest BCUT2D eigenvalue weighted by Crippen LogP contribution is -1.92. The zero-order chi connectivity index (χ0) is 18.0.